The minimum absolute atomic E-state index is 0.243. The number of carbonyl (C=O) groups is 1. The number of halogens is 1. The van der Waals surface area contributed by atoms with E-state index in [-0.39, 0.29) is 11.7 Å². The van der Waals surface area contributed by atoms with Crippen LogP contribution >= 0.6 is 0 Å². The summed E-state index contributed by atoms with van der Waals surface area (Å²) in [6.07, 6.45) is 2.83. The molecule has 2 aliphatic heterocycles. The molecule has 0 bridgehead atoms. The molecule has 1 amide bonds. The molecule has 1 aromatic carbocycles. The topological polar surface area (TPSA) is 32.8 Å². The van der Waals surface area contributed by atoms with Crippen LogP contribution in [0, 0.1) is 11.7 Å². The lowest BCUT2D eigenvalue weighted by molar-refractivity contribution is -0.140. The van der Waals surface area contributed by atoms with E-state index in [1.54, 1.807) is 12.1 Å². The Balaban J connectivity index is 1.51. The largest absolute Gasteiger partial charge is 0.379 e. The van der Waals surface area contributed by atoms with Crippen LogP contribution in [0.25, 0.3) is 0 Å². The Morgan fingerprint density at radius 1 is 1.16 bits per heavy atom. The van der Waals surface area contributed by atoms with Crippen molar-refractivity contribution in [3.05, 3.63) is 35.6 Å². The highest BCUT2D eigenvalue weighted by Crippen LogP contribution is 2.46. The maximum Gasteiger partial charge on any atom is 0.233 e. The second-order valence-corrected chi connectivity index (χ2v) is 7.85. The summed E-state index contributed by atoms with van der Waals surface area (Å²) in [5, 5.41) is 0. The Labute approximate surface area is 148 Å². The van der Waals surface area contributed by atoms with Gasteiger partial charge in [-0.15, -0.1) is 0 Å². The van der Waals surface area contributed by atoms with Gasteiger partial charge >= 0.3 is 0 Å². The molecule has 136 valence electrons. The summed E-state index contributed by atoms with van der Waals surface area (Å²) in [6.45, 7) is 7.37. The number of rotatable bonds is 3. The van der Waals surface area contributed by atoms with Gasteiger partial charge in [0.2, 0.25) is 5.91 Å². The number of benzene rings is 1. The Hall–Kier alpha value is -1.46. The van der Waals surface area contributed by atoms with Crippen molar-refractivity contribution in [3.63, 3.8) is 0 Å². The van der Waals surface area contributed by atoms with Crippen molar-refractivity contribution in [1.29, 1.82) is 0 Å². The third-order valence-corrected chi connectivity index (χ3v) is 6.39. The van der Waals surface area contributed by atoms with Crippen molar-refractivity contribution in [2.24, 2.45) is 5.92 Å². The van der Waals surface area contributed by atoms with Crippen LogP contribution in [-0.4, -0.2) is 61.1 Å². The van der Waals surface area contributed by atoms with Crippen molar-refractivity contribution < 1.29 is 13.9 Å². The number of amides is 1. The summed E-state index contributed by atoms with van der Waals surface area (Å²) in [4.78, 5) is 17.9. The molecule has 3 aliphatic rings. The molecule has 4 rings (SSSR count). The van der Waals surface area contributed by atoms with Crippen LogP contribution in [0.5, 0.6) is 0 Å². The molecule has 5 heteroatoms. The molecule has 1 aliphatic carbocycles. The molecule has 0 N–H and O–H groups in total. The smallest absolute Gasteiger partial charge is 0.233 e. The molecule has 2 unspecified atom stereocenters. The standard InChI is InChI=1S/C20H27FN2O2/c1-15-13-23(14-18(15)22-9-11-25-12-10-22)19(24)20(7-2-8-20)16-3-5-17(21)6-4-16/h3-6,15,18H,2,7-14H2,1H3. The van der Waals surface area contributed by atoms with Crippen molar-refractivity contribution in [2.45, 2.75) is 37.6 Å². The summed E-state index contributed by atoms with van der Waals surface area (Å²) in [6, 6.07) is 6.98. The van der Waals surface area contributed by atoms with E-state index in [9.17, 15) is 9.18 Å². The predicted molar refractivity (Wildman–Crippen MR) is 93.9 cm³/mol. The third-order valence-electron chi connectivity index (χ3n) is 6.39. The first-order valence-electron chi connectivity index (χ1n) is 9.47. The first-order valence-corrected chi connectivity index (χ1v) is 9.47. The summed E-state index contributed by atoms with van der Waals surface area (Å²) >= 11 is 0. The average Bonchev–Trinajstić information content (AvgIpc) is 2.98. The molecule has 0 aromatic heterocycles. The highest BCUT2D eigenvalue weighted by Gasteiger charge is 2.50. The van der Waals surface area contributed by atoms with Gasteiger partial charge in [-0.3, -0.25) is 9.69 Å². The minimum Gasteiger partial charge on any atom is -0.379 e. The van der Waals surface area contributed by atoms with Crippen LogP contribution in [0.1, 0.15) is 31.7 Å². The molecule has 4 nitrogen and oxygen atoms in total. The highest BCUT2D eigenvalue weighted by molar-refractivity contribution is 5.89. The van der Waals surface area contributed by atoms with Gasteiger partial charge in [0.15, 0.2) is 0 Å². The molecular formula is C20H27FN2O2. The lowest BCUT2D eigenvalue weighted by atomic mass is 9.63. The number of hydrogen-bond acceptors (Lipinski definition) is 3. The quantitative estimate of drug-likeness (QED) is 0.843. The normalized spacial score (nSPS) is 29.4. The maximum absolute atomic E-state index is 13.4. The van der Waals surface area contributed by atoms with Gasteiger partial charge in [-0.2, -0.15) is 0 Å². The van der Waals surface area contributed by atoms with Crippen LogP contribution < -0.4 is 0 Å². The van der Waals surface area contributed by atoms with Crippen molar-refractivity contribution in [2.75, 3.05) is 39.4 Å². The molecule has 2 atom stereocenters. The molecule has 1 saturated carbocycles. The zero-order valence-corrected chi connectivity index (χ0v) is 14.9. The summed E-state index contributed by atoms with van der Waals surface area (Å²) in [5.74, 6) is 0.480. The van der Waals surface area contributed by atoms with Crippen LogP contribution in [0.15, 0.2) is 24.3 Å². The van der Waals surface area contributed by atoms with E-state index in [4.69, 9.17) is 4.74 Å². The zero-order valence-electron chi connectivity index (χ0n) is 14.9. The third kappa shape index (κ3) is 2.97. The maximum atomic E-state index is 13.4. The van der Waals surface area contributed by atoms with Gasteiger partial charge in [0.25, 0.3) is 0 Å². The van der Waals surface area contributed by atoms with Crippen LogP contribution in [0.4, 0.5) is 4.39 Å². The van der Waals surface area contributed by atoms with Crippen molar-refractivity contribution in [1.82, 2.24) is 9.80 Å². The number of likely N-dealkylation sites (tertiary alicyclic amines) is 1. The number of ether oxygens (including phenoxy) is 1. The first kappa shape index (κ1) is 17.0. The van der Waals surface area contributed by atoms with E-state index in [1.807, 2.05) is 0 Å². The van der Waals surface area contributed by atoms with Gasteiger partial charge < -0.3 is 9.64 Å². The fourth-order valence-corrected chi connectivity index (χ4v) is 4.73. The SMILES string of the molecule is CC1CN(C(=O)C2(c3ccc(F)cc3)CCC2)CC1N1CCOCC1. The molecule has 25 heavy (non-hydrogen) atoms. The van der Waals surface area contributed by atoms with E-state index in [0.717, 1.165) is 64.2 Å². The number of nitrogens with zero attached hydrogens (tertiary/aromatic N) is 2. The Bertz CT molecular complexity index is 623. The highest BCUT2D eigenvalue weighted by atomic mass is 19.1. The van der Waals surface area contributed by atoms with E-state index in [0.29, 0.717) is 12.0 Å². The van der Waals surface area contributed by atoms with E-state index in [1.165, 1.54) is 12.1 Å². The zero-order chi connectivity index (χ0) is 17.4. The van der Waals surface area contributed by atoms with Crippen LogP contribution in [0.3, 0.4) is 0 Å². The Kier molecular flexibility index (Phi) is 4.54. The van der Waals surface area contributed by atoms with E-state index in [2.05, 4.69) is 16.7 Å². The van der Waals surface area contributed by atoms with E-state index < -0.39 is 5.41 Å². The fourth-order valence-electron chi connectivity index (χ4n) is 4.73. The summed E-state index contributed by atoms with van der Waals surface area (Å²) < 4.78 is 18.8. The van der Waals surface area contributed by atoms with Gasteiger partial charge in [-0.1, -0.05) is 25.5 Å². The summed E-state index contributed by atoms with van der Waals surface area (Å²) in [7, 11) is 0. The molecule has 2 saturated heterocycles. The fraction of sp³-hybridized carbons (Fsp3) is 0.650. The molecule has 3 fully saturated rings. The second kappa shape index (κ2) is 6.69. The van der Waals surface area contributed by atoms with Gasteiger partial charge in [0, 0.05) is 32.2 Å². The number of hydrogen-bond donors (Lipinski definition) is 0. The minimum atomic E-state index is -0.423. The lowest BCUT2D eigenvalue weighted by Gasteiger charge is -2.43. The number of carbonyl (C=O) groups excluding carboxylic acids is 1. The van der Waals surface area contributed by atoms with Crippen LogP contribution in [-0.2, 0) is 14.9 Å². The summed E-state index contributed by atoms with van der Waals surface area (Å²) in [5.41, 5.74) is 0.556. The van der Waals surface area contributed by atoms with Crippen LogP contribution in [0.2, 0.25) is 0 Å². The molecular weight excluding hydrogens is 319 g/mol. The Morgan fingerprint density at radius 3 is 2.44 bits per heavy atom. The van der Waals surface area contributed by atoms with Gasteiger partial charge in [-0.25, -0.2) is 4.39 Å². The first-order chi connectivity index (χ1) is 12.1. The van der Waals surface area contributed by atoms with Gasteiger partial charge in [0.1, 0.15) is 5.82 Å². The molecule has 1 aromatic rings. The van der Waals surface area contributed by atoms with Gasteiger partial charge in [-0.05, 0) is 36.5 Å². The van der Waals surface area contributed by atoms with Crippen molar-refractivity contribution >= 4 is 5.91 Å². The van der Waals surface area contributed by atoms with Crippen molar-refractivity contribution in [3.8, 4) is 0 Å². The predicted octanol–water partition coefficient (Wildman–Crippen LogP) is 2.43. The molecule has 0 radical (unpaired) electrons. The lowest BCUT2D eigenvalue weighted by Crippen LogP contribution is -2.51. The van der Waals surface area contributed by atoms with E-state index >= 15 is 0 Å². The molecule has 2 heterocycles. The van der Waals surface area contributed by atoms with Gasteiger partial charge in [0.05, 0.1) is 18.6 Å². The average molecular weight is 346 g/mol. The number of morpholine rings is 1. The Morgan fingerprint density at radius 2 is 1.84 bits per heavy atom. The second-order valence-electron chi connectivity index (χ2n) is 7.85. The monoisotopic (exact) mass is 346 g/mol. The molecule has 0 spiro atoms.